The van der Waals surface area contributed by atoms with Crippen LogP contribution in [0.3, 0.4) is 0 Å². The number of aromatic nitrogens is 1. The zero-order valence-corrected chi connectivity index (χ0v) is 18.8. The number of carbonyl (C=O) groups is 1. The number of benzene rings is 3. The molecule has 0 spiro atoms. The summed E-state index contributed by atoms with van der Waals surface area (Å²) in [7, 11) is 0. The number of nitrogens with one attached hydrogen (secondary N) is 1. The fourth-order valence-corrected chi connectivity index (χ4v) is 4.42. The van der Waals surface area contributed by atoms with Crippen molar-refractivity contribution in [2.75, 3.05) is 18.1 Å². The summed E-state index contributed by atoms with van der Waals surface area (Å²) in [5.41, 5.74) is 5.13. The molecule has 0 aliphatic carbocycles. The average molecular weight is 438 g/mol. The molecule has 0 radical (unpaired) electrons. The van der Waals surface area contributed by atoms with Crippen molar-refractivity contribution in [1.82, 2.24) is 10.3 Å². The molecule has 1 N–H and O–H groups in total. The van der Waals surface area contributed by atoms with Gasteiger partial charge < -0.3 is 15.0 Å². The quantitative estimate of drug-likeness (QED) is 0.455. The number of anilines is 1. The molecule has 5 nitrogen and oxygen atoms in total. The van der Waals surface area contributed by atoms with Gasteiger partial charge in [-0.25, -0.2) is 4.98 Å². The van der Waals surface area contributed by atoms with Gasteiger partial charge in [-0.2, -0.15) is 0 Å². The Labute approximate surface area is 194 Å². The highest BCUT2D eigenvalue weighted by atomic mass is 16.5. The number of hydrogen-bond acceptors (Lipinski definition) is 4. The highest BCUT2D eigenvalue weighted by Gasteiger charge is 2.20. The Morgan fingerprint density at radius 1 is 1.00 bits per heavy atom. The van der Waals surface area contributed by atoms with Gasteiger partial charge in [-0.3, -0.25) is 4.79 Å². The molecule has 33 heavy (non-hydrogen) atoms. The second-order valence-electron chi connectivity index (χ2n) is 8.21. The number of amides is 1. The van der Waals surface area contributed by atoms with E-state index >= 15 is 0 Å². The molecule has 5 rings (SSSR count). The number of para-hydroxylation sites is 2. The van der Waals surface area contributed by atoms with E-state index < -0.39 is 0 Å². The molecule has 1 aromatic heterocycles. The third-order valence-electron chi connectivity index (χ3n) is 6.11. The molecule has 1 amide bonds. The Bertz CT molecular complexity index is 1300. The standard InChI is InChI=1S/C28H27N3O2/c1-2-33-26-14-8-5-10-21(26)18-29-28(32)24-17-27(30-25-13-7-6-12-23(24)25)31-16-15-20-9-3-4-11-22(20)19-31/h3-14,17H,2,15-16,18-19H2,1H3,(H,29,32). The number of hydrogen-bond donors (Lipinski definition) is 1. The highest BCUT2D eigenvalue weighted by molar-refractivity contribution is 6.07. The van der Waals surface area contributed by atoms with Crippen LogP contribution in [0.15, 0.2) is 78.9 Å². The van der Waals surface area contributed by atoms with E-state index in [0.29, 0.717) is 18.7 Å². The largest absolute Gasteiger partial charge is 0.494 e. The normalized spacial score (nSPS) is 12.9. The minimum atomic E-state index is -0.112. The molecule has 0 bridgehead atoms. The van der Waals surface area contributed by atoms with Gasteiger partial charge in [-0.15, -0.1) is 0 Å². The zero-order chi connectivity index (χ0) is 22.6. The van der Waals surface area contributed by atoms with Crippen LogP contribution in [0.5, 0.6) is 5.75 Å². The van der Waals surface area contributed by atoms with Crippen molar-refractivity contribution in [3.8, 4) is 5.75 Å². The van der Waals surface area contributed by atoms with Gasteiger partial charge in [0.05, 0.1) is 17.7 Å². The van der Waals surface area contributed by atoms with Gasteiger partial charge in [0.15, 0.2) is 0 Å². The van der Waals surface area contributed by atoms with Gasteiger partial charge in [-0.05, 0) is 42.7 Å². The van der Waals surface area contributed by atoms with Crippen LogP contribution in [-0.2, 0) is 19.5 Å². The Hall–Kier alpha value is -3.86. The fourth-order valence-electron chi connectivity index (χ4n) is 4.42. The molecule has 1 aliphatic heterocycles. The Balaban J connectivity index is 1.44. The number of nitrogens with zero attached hydrogens (tertiary/aromatic N) is 2. The second-order valence-corrected chi connectivity index (χ2v) is 8.21. The Morgan fingerprint density at radius 2 is 1.76 bits per heavy atom. The fraction of sp³-hybridized carbons (Fsp3) is 0.214. The molecule has 0 fully saturated rings. The van der Waals surface area contributed by atoms with E-state index in [4.69, 9.17) is 9.72 Å². The van der Waals surface area contributed by atoms with Gasteiger partial charge in [0, 0.05) is 30.6 Å². The monoisotopic (exact) mass is 437 g/mol. The second kappa shape index (κ2) is 9.33. The molecular formula is C28H27N3O2. The molecule has 3 aromatic carbocycles. The number of carbonyl (C=O) groups excluding carboxylic acids is 1. The third kappa shape index (κ3) is 4.40. The first-order valence-electron chi connectivity index (χ1n) is 11.4. The van der Waals surface area contributed by atoms with Gasteiger partial charge in [0.2, 0.25) is 0 Å². The number of ether oxygens (including phenoxy) is 1. The highest BCUT2D eigenvalue weighted by Crippen LogP contribution is 2.28. The lowest BCUT2D eigenvalue weighted by Gasteiger charge is -2.30. The van der Waals surface area contributed by atoms with Crippen molar-refractivity contribution >= 4 is 22.6 Å². The van der Waals surface area contributed by atoms with Crippen LogP contribution in [0.1, 0.15) is 34.0 Å². The first-order valence-corrected chi connectivity index (χ1v) is 11.4. The molecule has 166 valence electrons. The average Bonchev–Trinajstić information content (AvgIpc) is 2.87. The molecule has 4 aromatic rings. The van der Waals surface area contributed by atoms with Crippen LogP contribution in [0.2, 0.25) is 0 Å². The summed E-state index contributed by atoms with van der Waals surface area (Å²) in [4.78, 5) is 20.5. The molecule has 0 unspecified atom stereocenters. The van der Waals surface area contributed by atoms with Crippen molar-refractivity contribution in [1.29, 1.82) is 0 Å². The van der Waals surface area contributed by atoms with E-state index in [0.717, 1.165) is 47.5 Å². The van der Waals surface area contributed by atoms with Gasteiger partial charge >= 0.3 is 0 Å². The Kier molecular flexibility index (Phi) is 5.94. The minimum Gasteiger partial charge on any atom is -0.494 e. The maximum absolute atomic E-state index is 13.3. The van der Waals surface area contributed by atoms with Crippen molar-refractivity contribution in [3.05, 3.63) is 101 Å². The van der Waals surface area contributed by atoms with E-state index in [9.17, 15) is 4.79 Å². The molecule has 1 aliphatic rings. The summed E-state index contributed by atoms with van der Waals surface area (Å²) in [5.74, 6) is 1.52. The summed E-state index contributed by atoms with van der Waals surface area (Å²) in [6.45, 7) is 4.62. The van der Waals surface area contributed by atoms with Crippen molar-refractivity contribution in [3.63, 3.8) is 0 Å². The molecule has 2 heterocycles. The number of fused-ring (bicyclic) bond motifs is 2. The SMILES string of the molecule is CCOc1ccccc1CNC(=O)c1cc(N2CCc3ccccc3C2)nc2ccccc12. The maximum atomic E-state index is 13.3. The van der Waals surface area contributed by atoms with Crippen LogP contribution in [0.25, 0.3) is 10.9 Å². The van der Waals surface area contributed by atoms with Crippen LogP contribution >= 0.6 is 0 Å². The lowest BCUT2D eigenvalue weighted by atomic mass is 9.99. The van der Waals surface area contributed by atoms with Gasteiger partial charge in [-0.1, -0.05) is 60.7 Å². The first kappa shape index (κ1) is 21.0. The summed E-state index contributed by atoms with van der Waals surface area (Å²) < 4.78 is 5.70. The molecule has 0 saturated carbocycles. The molecular weight excluding hydrogens is 410 g/mol. The van der Waals surface area contributed by atoms with Gasteiger partial charge in [0.25, 0.3) is 5.91 Å². The van der Waals surface area contributed by atoms with E-state index in [1.165, 1.54) is 11.1 Å². The predicted octanol–water partition coefficient (Wildman–Crippen LogP) is 5.13. The van der Waals surface area contributed by atoms with Crippen LogP contribution < -0.4 is 15.0 Å². The van der Waals surface area contributed by atoms with E-state index in [-0.39, 0.29) is 5.91 Å². The number of rotatable bonds is 6. The van der Waals surface area contributed by atoms with E-state index in [2.05, 4.69) is 34.5 Å². The number of pyridine rings is 1. The van der Waals surface area contributed by atoms with Crippen molar-refractivity contribution in [2.45, 2.75) is 26.4 Å². The van der Waals surface area contributed by atoms with Crippen LogP contribution in [-0.4, -0.2) is 24.0 Å². The summed E-state index contributed by atoms with van der Waals surface area (Å²) >= 11 is 0. The smallest absolute Gasteiger partial charge is 0.252 e. The predicted molar refractivity (Wildman–Crippen MR) is 132 cm³/mol. The molecule has 0 atom stereocenters. The lowest BCUT2D eigenvalue weighted by molar-refractivity contribution is 0.0952. The van der Waals surface area contributed by atoms with E-state index in [1.807, 2.05) is 61.5 Å². The van der Waals surface area contributed by atoms with Gasteiger partial charge in [0.1, 0.15) is 11.6 Å². The van der Waals surface area contributed by atoms with Crippen molar-refractivity contribution in [2.24, 2.45) is 0 Å². The maximum Gasteiger partial charge on any atom is 0.252 e. The van der Waals surface area contributed by atoms with Crippen LogP contribution in [0, 0.1) is 0 Å². The Morgan fingerprint density at radius 3 is 2.64 bits per heavy atom. The third-order valence-corrected chi connectivity index (χ3v) is 6.11. The topological polar surface area (TPSA) is 54.5 Å². The van der Waals surface area contributed by atoms with E-state index in [1.54, 1.807) is 0 Å². The first-order chi connectivity index (χ1) is 16.2. The molecule has 0 saturated heterocycles. The van der Waals surface area contributed by atoms with Crippen molar-refractivity contribution < 1.29 is 9.53 Å². The summed E-state index contributed by atoms with van der Waals surface area (Å²) in [5, 5.41) is 3.94. The minimum absolute atomic E-state index is 0.112. The summed E-state index contributed by atoms with van der Waals surface area (Å²) in [6.07, 6.45) is 0.973. The summed E-state index contributed by atoms with van der Waals surface area (Å²) in [6, 6.07) is 26.1. The molecule has 5 heteroatoms. The van der Waals surface area contributed by atoms with Crippen LogP contribution in [0.4, 0.5) is 5.82 Å². The zero-order valence-electron chi connectivity index (χ0n) is 18.8. The lowest BCUT2D eigenvalue weighted by Crippen LogP contribution is -2.31.